The highest BCUT2D eigenvalue weighted by atomic mass is 16.5. The van der Waals surface area contributed by atoms with E-state index in [0.29, 0.717) is 17.9 Å². The number of nitriles is 1. The highest BCUT2D eigenvalue weighted by Crippen LogP contribution is 2.16. The van der Waals surface area contributed by atoms with Crippen molar-refractivity contribution >= 4 is 11.8 Å². The van der Waals surface area contributed by atoms with Crippen LogP contribution in [0.4, 0.5) is 0 Å². The quantitative estimate of drug-likeness (QED) is 0.865. The predicted molar refractivity (Wildman–Crippen MR) is 86.8 cm³/mol. The van der Waals surface area contributed by atoms with Gasteiger partial charge in [-0.25, -0.2) is 0 Å². The number of benzene rings is 1. The molecule has 0 saturated carbocycles. The number of nitrogens with one attached hydrogen (secondary N) is 1. The second-order valence-corrected chi connectivity index (χ2v) is 6.10. The van der Waals surface area contributed by atoms with Gasteiger partial charge in [0.1, 0.15) is 11.8 Å². The van der Waals surface area contributed by atoms with Crippen LogP contribution in [0.2, 0.25) is 0 Å². The number of hydrogen-bond acceptors (Lipinski definition) is 4. The maximum absolute atomic E-state index is 12.2. The van der Waals surface area contributed by atoms with E-state index < -0.39 is 0 Å². The molecule has 1 aromatic carbocycles. The zero-order valence-electron chi connectivity index (χ0n) is 14.0. The first-order chi connectivity index (χ1) is 10.8. The topological polar surface area (TPSA) is 82.4 Å². The van der Waals surface area contributed by atoms with Crippen LogP contribution in [0.1, 0.15) is 33.3 Å². The molecule has 2 amide bonds. The SMILES string of the molecule is CCN(CC(=O)NC(C)(C)C)C(=O)COc1ccccc1C#N. The summed E-state index contributed by atoms with van der Waals surface area (Å²) in [7, 11) is 0. The van der Waals surface area contributed by atoms with Gasteiger partial charge >= 0.3 is 0 Å². The van der Waals surface area contributed by atoms with E-state index in [-0.39, 0.29) is 30.5 Å². The van der Waals surface area contributed by atoms with Crippen LogP contribution in [0, 0.1) is 11.3 Å². The molecule has 0 aliphatic heterocycles. The second kappa shape index (κ2) is 8.18. The van der Waals surface area contributed by atoms with E-state index in [9.17, 15) is 9.59 Å². The van der Waals surface area contributed by atoms with Gasteiger partial charge in [-0.3, -0.25) is 9.59 Å². The van der Waals surface area contributed by atoms with Crippen molar-refractivity contribution in [2.45, 2.75) is 33.2 Å². The van der Waals surface area contributed by atoms with Crippen LogP contribution in [-0.2, 0) is 9.59 Å². The summed E-state index contributed by atoms with van der Waals surface area (Å²) < 4.78 is 5.41. The third-order valence-corrected chi connectivity index (χ3v) is 2.94. The third kappa shape index (κ3) is 6.39. The van der Waals surface area contributed by atoms with Crippen LogP contribution in [-0.4, -0.2) is 41.9 Å². The van der Waals surface area contributed by atoms with Gasteiger partial charge in [-0.15, -0.1) is 0 Å². The van der Waals surface area contributed by atoms with Crippen LogP contribution < -0.4 is 10.1 Å². The normalized spacial score (nSPS) is 10.6. The smallest absolute Gasteiger partial charge is 0.260 e. The Balaban J connectivity index is 2.61. The molecular formula is C17H23N3O3. The number of hydrogen-bond donors (Lipinski definition) is 1. The van der Waals surface area contributed by atoms with Crippen molar-refractivity contribution in [1.29, 1.82) is 5.26 Å². The molecule has 6 heteroatoms. The first-order valence-corrected chi connectivity index (χ1v) is 7.47. The van der Waals surface area contributed by atoms with Gasteiger partial charge in [-0.2, -0.15) is 5.26 Å². The Morgan fingerprint density at radius 3 is 2.52 bits per heavy atom. The maximum Gasteiger partial charge on any atom is 0.260 e. The van der Waals surface area contributed by atoms with E-state index in [1.165, 1.54) is 4.90 Å². The third-order valence-electron chi connectivity index (χ3n) is 2.94. The summed E-state index contributed by atoms with van der Waals surface area (Å²) in [6.45, 7) is 7.61. The molecule has 6 nitrogen and oxygen atoms in total. The fourth-order valence-corrected chi connectivity index (χ4v) is 1.92. The van der Waals surface area contributed by atoms with Crippen molar-refractivity contribution in [2.75, 3.05) is 19.7 Å². The summed E-state index contributed by atoms with van der Waals surface area (Å²) in [5, 5.41) is 11.8. The number of likely N-dealkylation sites (N-methyl/N-ethyl adjacent to an activating group) is 1. The highest BCUT2D eigenvalue weighted by Gasteiger charge is 2.20. The van der Waals surface area contributed by atoms with Crippen LogP contribution in [0.5, 0.6) is 5.75 Å². The molecule has 0 radical (unpaired) electrons. The highest BCUT2D eigenvalue weighted by molar-refractivity contribution is 5.85. The zero-order valence-corrected chi connectivity index (χ0v) is 14.0. The molecule has 0 heterocycles. The average molecular weight is 317 g/mol. The number of carbonyl (C=O) groups is 2. The molecule has 0 unspecified atom stereocenters. The van der Waals surface area contributed by atoms with E-state index in [1.807, 2.05) is 26.8 Å². The standard InChI is InChI=1S/C17H23N3O3/c1-5-20(11-15(21)19-17(2,3)4)16(22)12-23-14-9-7-6-8-13(14)10-18/h6-9H,5,11-12H2,1-4H3,(H,19,21). The minimum absolute atomic E-state index is 0.0180. The number of amides is 2. The summed E-state index contributed by atoms with van der Waals surface area (Å²) in [4.78, 5) is 25.5. The van der Waals surface area contributed by atoms with Gasteiger partial charge in [0.05, 0.1) is 12.1 Å². The van der Waals surface area contributed by atoms with E-state index in [0.717, 1.165) is 0 Å². The van der Waals surface area contributed by atoms with Crippen molar-refractivity contribution < 1.29 is 14.3 Å². The average Bonchev–Trinajstić information content (AvgIpc) is 2.48. The maximum atomic E-state index is 12.2. The van der Waals surface area contributed by atoms with E-state index in [4.69, 9.17) is 10.00 Å². The van der Waals surface area contributed by atoms with Gasteiger partial charge in [0.15, 0.2) is 6.61 Å². The van der Waals surface area contributed by atoms with Crippen LogP contribution >= 0.6 is 0 Å². The first kappa shape index (κ1) is 18.5. The van der Waals surface area contributed by atoms with Gasteiger partial charge in [0, 0.05) is 12.1 Å². The molecule has 0 fully saturated rings. The van der Waals surface area contributed by atoms with E-state index >= 15 is 0 Å². The van der Waals surface area contributed by atoms with Crippen molar-refractivity contribution in [3.63, 3.8) is 0 Å². The number of para-hydroxylation sites is 1. The zero-order chi connectivity index (χ0) is 17.5. The fraction of sp³-hybridized carbons (Fsp3) is 0.471. The molecule has 0 atom stereocenters. The number of nitrogens with zero attached hydrogens (tertiary/aromatic N) is 2. The minimum atomic E-state index is -0.345. The van der Waals surface area contributed by atoms with Crippen molar-refractivity contribution in [3.8, 4) is 11.8 Å². The predicted octanol–water partition coefficient (Wildman–Crippen LogP) is 1.70. The number of carbonyl (C=O) groups excluding carboxylic acids is 2. The molecule has 1 rings (SSSR count). The van der Waals surface area contributed by atoms with Gasteiger partial charge in [-0.1, -0.05) is 12.1 Å². The van der Waals surface area contributed by atoms with Gasteiger partial charge in [0.2, 0.25) is 5.91 Å². The van der Waals surface area contributed by atoms with Gasteiger partial charge < -0.3 is 15.0 Å². The van der Waals surface area contributed by atoms with Crippen LogP contribution in [0.3, 0.4) is 0 Å². The van der Waals surface area contributed by atoms with Crippen LogP contribution in [0.25, 0.3) is 0 Å². The molecule has 0 aliphatic carbocycles. The van der Waals surface area contributed by atoms with Crippen LogP contribution in [0.15, 0.2) is 24.3 Å². The Labute approximate surface area is 137 Å². The summed E-state index contributed by atoms with van der Waals surface area (Å²) in [5.41, 5.74) is 0.0238. The molecule has 0 aliphatic rings. The minimum Gasteiger partial charge on any atom is -0.482 e. The number of ether oxygens (including phenoxy) is 1. The van der Waals surface area contributed by atoms with Crippen molar-refractivity contribution in [2.24, 2.45) is 0 Å². The molecule has 0 aromatic heterocycles. The molecule has 0 spiro atoms. The summed E-state index contributed by atoms with van der Waals surface area (Å²) >= 11 is 0. The summed E-state index contributed by atoms with van der Waals surface area (Å²) in [6, 6.07) is 8.71. The Morgan fingerprint density at radius 1 is 1.30 bits per heavy atom. The Morgan fingerprint density at radius 2 is 1.96 bits per heavy atom. The van der Waals surface area contributed by atoms with Crippen molar-refractivity contribution in [1.82, 2.24) is 10.2 Å². The molecule has 124 valence electrons. The van der Waals surface area contributed by atoms with Gasteiger partial charge in [-0.05, 0) is 39.8 Å². The molecule has 23 heavy (non-hydrogen) atoms. The molecule has 1 N–H and O–H groups in total. The fourth-order valence-electron chi connectivity index (χ4n) is 1.92. The Bertz CT molecular complexity index is 600. The lowest BCUT2D eigenvalue weighted by molar-refractivity contribution is -0.137. The largest absolute Gasteiger partial charge is 0.482 e. The number of rotatable bonds is 6. The monoisotopic (exact) mass is 317 g/mol. The lowest BCUT2D eigenvalue weighted by Gasteiger charge is -2.25. The molecule has 1 aromatic rings. The summed E-state index contributed by atoms with van der Waals surface area (Å²) in [6.07, 6.45) is 0. The first-order valence-electron chi connectivity index (χ1n) is 7.47. The van der Waals surface area contributed by atoms with Gasteiger partial charge in [0.25, 0.3) is 5.91 Å². The van der Waals surface area contributed by atoms with Crippen molar-refractivity contribution in [3.05, 3.63) is 29.8 Å². The Kier molecular flexibility index (Phi) is 6.58. The summed E-state index contributed by atoms with van der Waals surface area (Å²) in [5.74, 6) is -0.159. The molecule has 0 saturated heterocycles. The second-order valence-electron chi connectivity index (χ2n) is 6.10. The van der Waals surface area contributed by atoms with E-state index in [2.05, 4.69) is 5.32 Å². The Hall–Kier alpha value is -2.55. The lowest BCUT2D eigenvalue weighted by atomic mass is 10.1. The molecule has 0 bridgehead atoms. The van der Waals surface area contributed by atoms with E-state index in [1.54, 1.807) is 31.2 Å². The molecular weight excluding hydrogens is 294 g/mol. The lowest BCUT2D eigenvalue weighted by Crippen LogP contribution is -2.48.